The number of hydrogen-bond donors (Lipinski definition) is 0. The third kappa shape index (κ3) is 1.91. The second kappa shape index (κ2) is 3.64. The highest BCUT2D eigenvalue weighted by molar-refractivity contribution is 5.29. The zero-order valence-electron chi connectivity index (χ0n) is 7.14. The summed E-state index contributed by atoms with van der Waals surface area (Å²) < 4.78 is 41.8. The fourth-order valence-corrected chi connectivity index (χ4v) is 0.942. The van der Waals surface area contributed by atoms with Crippen LogP contribution < -0.4 is 4.74 Å². The third-order valence-corrected chi connectivity index (χ3v) is 1.57. The highest BCUT2D eigenvalue weighted by Gasteiger charge is 2.17. The Balaban J connectivity index is 3.20. The largest absolute Gasteiger partial charge is 0.495 e. The number of rotatable bonds is 2. The molecule has 1 aromatic rings. The van der Waals surface area contributed by atoms with E-state index in [-0.39, 0.29) is 11.4 Å². The van der Waals surface area contributed by atoms with Gasteiger partial charge in [-0.15, -0.1) is 0 Å². The van der Waals surface area contributed by atoms with E-state index in [1.54, 1.807) is 0 Å². The van der Waals surface area contributed by atoms with Crippen molar-refractivity contribution >= 4 is 0 Å². The Morgan fingerprint density at radius 1 is 1.46 bits per heavy atom. The molecule has 13 heavy (non-hydrogen) atoms. The molecule has 1 heterocycles. The molecule has 0 bridgehead atoms. The number of ether oxygens (including phenoxy) is 1. The van der Waals surface area contributed by atoms with E-state index in [1.807, 2.05) is 0 Å². The van der Waals surface area contributed by atoms with Crippen molar-refractivity contribution in [3.63, 3.8) is 0 Å². The van der Waals surface area contributed by atoms with Crippen LogP contribution in [0.15, 0.2) is 6.07 Å². The first-order valence-electron chi connectivity index (χ1n) is 3.55. The summed E-state index contributed by atoms with van der Waals surface area (Å²) in [6.07, 6.45) is -2.90. The van der Waals surface area contributed by atoms with Gasteiger partial charge in [-0.3, -0.25) is 0 Å². The van der Waals surface area contributed by atoms with Crippen molar-refractivity contribution in [2.24, 2.45) is 0 Å². The molecule has 0 aliphatic rings. The predicted molar refractivity (Wildman–Crippen MR) is 40.4 cm³/mol. The van der Waals surface area contributed by atoms with Crippen LogP contribution in [0.4, 0.5) is 13.2 Å². The minimum atomic E-state index is -2.90. The van der Waals surface area contributed by atoms with Crippen LogP contribution in [0.25, 0.3) is 0 Å². The van der Waals surface area contributed by atoms with Crippen LogP contribution in [0.2, 0.25) is 0 Å². The van der Waals surface area contributed by atoms with Crippen LogP contribution >= 0.6 is 0 Å². The second-order valence-corrected chi connectivity index (χ2v) is 2.44. The molecule has 1 rings (SSSR count). The molecule has 5 heteroatoms. The minimum Gasteiger partial charge on any atom is -0.495 e. The number of methoxy groups -OCH3 is 1. The van der Waals surface area contributed by atoms with Crippen LogP contribution in [-0.2, 0) is 0 Å². The van der Waals surface area contributed by atoms with E-state index in [0.717, 1.165) is 6.07 Å². The maximum absolute atomic E-state index is 12.8. The minimum absolute atomic E-state index is 0.168. The van der Waals surface area contributed by atoms with Gasteiger partial charge in [-0.05, 0) is 6.92 Å². The van der Waals surface area contributed by atoms with Crippen molar-refractivity contribution in [1.82, 2.24) is 4.98 Å². The molecule has 0 aliphatic carbocycles. The number of aryl methyl sites for hydroxylation is 1. The average Bonchev–Trinajstić information content (AvgIpc) is 2.07. The molecular formula is C8H8F3NO. The monoisotopic (exact) mass is 191 g/mol. The summed E-state index contributed by atoms with van der Waals surface area (Å²) in [7, 11) is 1.32. The molecule has 0 radical (unpaired) electrons. The van der Waals surface area contributed by atoms with E-state index in [9.17, 15) is 13.2 Å². The lowest BCUT2D eigenvalue weighted by molar-refractivity contribution is 0.140. The molecule has 0 aromatic carbocycles. The molecular weight excluding hydrogens is 183 g/mol. The van der Waals surface area contributed by atoms with Crippen molar-refractivity contribution in [2.45, 2.75) is 13.3 Å². The maximum Gasteiger partial charge on any atom is 0.283 e. The summed E-state index contributed by atoms with van der Waals surface area (Å²) in [5.41, 5.74) is -0.586. The van der Waals surface area contributed by atoms with E-state index in [0.29, 0.717) is 0 Å². The highest BCUT2D eigenvalue weighted by atomic mass is 19.3. The lowest BCUT2D eigenvalue weighted by atomic mass is 10.3. The first kappa shape index (κ1) is 9.83. The molecule has 0 amide bonds. The summed E-state index contributed by atoms with van der Waals surface area (Å²) in [5.74, 6) is -0.876. The van der Waals surface area contributed by atoms with Crippen LogP contribution in [0.5, 0.6) is 5.75 Å². The van der Waals surface area contributed by atoms with Crippen molar-refractivity contribution in [2.75, 3.05) is 7.11 Å². The molecule has 72 valence electrons. The van der Waals surface area contributed by atoms with Gasteiger partial charge in [0.1, 0.15) is 11.4 Å². The highest BCUT2D eigenvalue weighted by Crippen LogP contribution is 2.25. The standard InChI is InChI=1S/C8H8F3NO/c1-4-6(13-2)3-5(9)7(12-4)8(10)11/h3,8H,1-2H3. The molecule has 0 unspecified atom stereocenters. The Labute approximate surface area is 73.4 Å². The Morgan fingerprint density at radius 3 is 2.54 bits per heavy atom. The van der Waals surface area contributed by atoms with Crippen molar-refractivity contribution in [1.29, 1.82) is 0 Å². The quantitative estimate of drug-likeness (QED) is 0.716. The van der Waals surface area contributed by atoms with E-state index < -0.39 is 17.9 Å². The fourth-order valence-electron chi connectivity index (χ4n) is 0.942. The molecule has 1 aromatic heterocycles. The zero-order valence-corrected chi connectivity index (χ0v) is 7.14. The number of alkyl halides is 2. The fraction of sp³-hybridized carbons (Fsp3) is 0.375. The number of hydrogen-bond acceptors (Lipinski definition) is 2. The molecule has 0 saturated carbocycles. The zero-order chi connectivity index (χ0) is 10.0. The maximum atomic E-state index is 12.8. The number of aromatic nitrogens is 1. The van der Waals surface area contributed by atoms with E-state index in [2.05, 4.69) is 4.98 Å². The van der Waals surface area contributed by atoms with E-state index in [1.165, 1.54) is 14.0 Å². The first-order chi connectivity index (χ1) is 6.06. The van der Waals surface area contributed by atoms with Crippen LogP contribution in [-0.4, -0.2) is 12.1 Å². The molecule has 0 N–H and O–H groups in total. The predicted octanol–water partition coefficient (Wildman–Crippen LogP) is 2.48. The second-order valence-electron chi connectivity index (χ2n) is 2.44. The molecule has 2 nitrogen and oxygen atoms in total. The van der Waals surface area contributed by atoms with E-state index in [4.69, 9.17) is 4.74 Å². The normalized spacial score (nSPS) is 10.6. The van der Waals surface area contributed by atoms with Crippen molar-refractivity contribution in [3.05, 3.63) is 23.3 Å². The summed E-state index contributed by atoms with van der Waals surface area (Å²) in [4.78, 5) is 3.39. The van der Waals surface area contributed by atoms with Gasteiger partial charge in [0, 0.05) is 6.07 Å². The Kier molecular flexibility index (Phi) is 2.75. The lowest BCUT2D eigenvalue weighted by Gasteiger charge is -2.06. The topological polar surface area (TPSA) is 22.1 Å². The smallest absolute Gasteiger partial charge is 0.283 e. The van der Waals surface area contributed by atoms with Gasteiger partial charge in [-0.25, -0.2) is 18.2 Å². The van der Waals surface area contributed by atoms with Gasteiger partial charge < -0.3 is 4.74 Å². The first-order valence-corrected chi connectivity index (χ1v) is 3.55. The summed E-state index contributed by atoms with van der Waals surface area (Å²) in [6.45, 7) is 1.48. The van der Waals surface area contributed by atoms with Gasteiger partial charge in [0.2, 0.25) is 0 Å². The van der Waals surface area contributed by atoms with Gasteiger partial charge in [-0.1, -0.05) is 0 Å². The summed E-state index contributed by atoms with van der Waals surface area (Å²) in [5, 5.41) is 0. The van der Waals surface area contributed by atoms with Crippen molar-refractivity contribution < 1.29 is 17.9 Å². The SMILES string of the molecule is COc1cc(F)c(C(F)F)nc1C. The number of halogens is 3. The average molecular weight is 191 g/mol. The molecule has 0 aliphatic heterocycles. The van der Waals surface area contributed by atoms with Gasteiger partial charge in [0.25, 0.3) is 6.43 Å². The molecule has 0 spiro atoms. The Hall–Kier alpha value is -1.26. The number of nitrogens with zero attached hydrogens (tertiary/aromatic N) is 1. The van der Waals surface area contributed by atoms with Crippen molar-refractivity contribution in [3.8, 4) is 5.75 Å². The molecule has 0 atom stereocenters. The Bertz CT molecular complexity index is 315. The van der Waals surface area contributed by atoms with E-state index >= 15 is 0 Å². The van der Waals surface area contributed by atoms with Gasteiger partial charge >= 0.3 is 0 Å². The van der Waals surface area contributed by atoms with Crippen LogP contribution in [0.1, 0.15) is 17.8 Å². The summed E-state index contributed by atoms with van der Waals surface area (Å²) in [6, 6.07) is 0.907. The third-order valence-electron chi connectivity index (χ3n) is 1.57. The number of pyridine rings is 1. The lowest BCUT2D eigenvalue weighted by Crippen LogP contribution is -2.00. The van der Waals surface area contributed by atoms with Crippen LogP contribution in [0, 0.1) is 12.7 Å². The van der Waals surface area contributed by atoms with Gasteiger partial charge in [0.05, 0.1) is 12.8 Å². The van der Waals surface area contributed by atoms with Gasteiger partial charge in [0.15, 0.2) is 5.82 Å². The summed E-state index contributed by atoms with van der Waals surface area (Å²) >= 11 is 0. The molecule has 0 saturated heterocycles. The van der Waals surface area contributed by atoms with Gasteiger partial charge in [-0.2, -0.15) is 0 Å². The Morgan fingerprint density at radius 2 is 2.08 bits per heavy atom. The molecule has 0 fully saturated rings. The van der Waals surface area contributed by atoms with Crippen LogP contribution in [0.3, 0.4) is 0 Å².